The summed E-state index contributed by atoms with van der Waals surface area (Å²) in [6.07, 6.45) is 0. The average molecular weight is 278 g/mol. The van der Waals surface area contributed by atoms with Crippen molar-refractivity contribution in [2.75, 3.05) is 16.4 Å². The van der Waals surface area contributed by atoms with Gasteiger partial charge in [-0.1, -0.05) is 29.8 Å². The van der Waals surface area contributed by atoms with Gasteiger partial charge in [-0.05, 0) is 42.5 Å². The molecule has 0 aliphatic carbocycles. The average Bonchev–Trinajstić information content (AvgIpc) is 2.32. The van der Waals surface area contributed by atoms with Gasteiger partial charge in [0.2, 0.25) is 0 Å². The molecule has 18 heavy (non-hydrogen) atoms. The maximum Gasteiger partial charge on any atom is 0.175 e. The highest BCUT2D eigenvalue weighted by molar-refractivity contribution is 7.80. The minimum Gasteiger partial charge on any atom is -0.397 e. The molecule has 4 N–H and O–H groups in total. The van der Waals surface area contributed by atoms with E-state index in [1.54, 1.807) is 12.1 Å². The summed E-state index contributed by atoms with van der Waals surface area (Å²) >= 11 is 11.1. The van der Waals surface area contributed by atoms with E-state index in [9.17, 15) is 0 Å². The first-order valence-corrected chi connectivity index (χ1v) is 6.12. The molecular formula is C13H12ClN3S. The molecule has 0 unspecified atom stereocenters. The van der Waals surface area contributed by atoms with Gasteiger partial charge >= 0.3 is 0 Å². The van der Waals surface area contributed by atoms with Crippen LogP contribution in [0.15, 0.2) is 48.5 Å². The van der Waals surface area contributed by atoms with Gasteiger partial charge in [-0.25, -0.2) is 0 Å². The van der Waals surface area contributed by atoms with Crippen LogP contribution in [0.1, 0.15) is 0 Å². The highest BCUT2D eigenvalue weighted by Gasteiger charge is 2.01. The van der Waals surface area contributed by atoms with E-state index in [4.69, 9.17) is 29.6 Å². The second kappa shape index (κ2) is 5.71. The van der Waals surface area contributed by atoms with Crippen LogP contribution in [-0.4, -0.2) is 5.11 Å². The summed E-state index contributed by atoms with van der Waals surface area (Å²) in [7, 11) is 0. The summed E-state index contributed by atoms with van der Waals surface area (Å²) in [4.78, 5) is 0. The topological polar surface area (TPSA) is 50.1 Å². The van der Waals surface area contributed by atoms with E-state index in [1.807, 2.05) is 36.4 Å². The number of nitrogens with one attached hydrogen (secondary N) is 2. The Morgan fingerprint density at radius 3 is 2.56 bits per heavy atom. The van der Waals surface area contributed by atoms with Gasteiger partial charge in [0.15, 0.2) is 5.11 Å². The predicted molar refractivity (Wildman–Crippen MR) is 82.1 cm³/mol. The van der Waals surface area contributed by atoms with E-state index in [-0.39, 0.29) is 0 Å². The third-order valence-corrected chi connectivity index (χ3v) is 2.73. The van der Waals surface area contributed by atoms with E-state index in [1.165, 1.54) is 0 Å². The van der Waals surface area contributed by atoms with Gasteiger partial charge in [0.05, 0.1) is 11.4 Å². The molecule has 3 nitrogen and oxygen atoms in total. The highest BCUT2D eigenvalue weighted by Crippen LogP contribution is 2.18. The number of hydrogen-bond acceptors (Lipinski definition) is 2. The summed E-state index contributed by atoms with van der Waals surface area (Å²) < 4.78 is 0. The molecular weight excluding hydrogens is 266 g/mol. The SMILES string of the molecule is Nc1ccccc1NC(=S)Nc1cccc(Cl)c1. The Kier molecular flexibility index (Phi) is 4.02. The third-order valence-electron chi connectivity index (χ3n) is 2.29. The van der Waals surface area contributed by atoms with Crippen molar-refractivity contribution in [3.8, 4) is 0 Å². The Hall–Kier alpha value is -1.78. The molecule has 92 valence electrons. The summed E-state index contributed by atoms with van der Waals surface area (Å²) in [5, 5.41) is 7.19. The molecule has 2 aromatic rings. The van der Waals surface area contributed by atoms with Gasteiger partial charge in [0.25, 0.3) is 0 Å². The van der Waals surface area contributed by atoms with E-state index in [0.717, 1.165) is 11.4 Å². The first kappa shape index (κ1) is 12.7. The molecule has 0 aliphatic heterocycles. The number of thiocarbonyl (C=S) groups is 1. The predicted octanol–water partition coefficient (Wildman–Crippen LogP) is 3.73. The fourth-order valence-corrected chi connectivity index (χ4v) is 1.88. The van der Waals surface area contributed by atoms with Crippen molar-refractivity contribution < 1.29 is 0 Å². The van der Waals surface area contributed by atoms with Gasteiger partial charge in [-0.15, -0.1) is 0 Å². The van der Waals surface area contributed by atoms with Crippen LogP contribution in [0.4, 0.5) is 17.1 Å². The van der Waals surface area contributed by atoms with Crippen molar-refractivity contribution in [2.45, 2.75) is 0 Å². The van der Waals surface area contributed by atoms with Crippen molar-refractivity contribution in [1.29, 1.82) is 0 Å². The zero-order valence-corrected chi connectivity index (χ0v) is 11.1. The van der Waals surface area contributed by atoms with Gasteiger partial charge in [0, 0.05) is 10.7 Å². The molecule has 0 aromatic heterocycles. The lowest BCUT2D eigenvalue weighted by Gasteiger charge is -2.12. The molecule has 0 amide bonds. The van der Waals surface area contributed by atoms with Crippen molar-refractivity contribution in [3.05, 3.63) is 53.6 Å². The maximum absolute atomic E-state index is 5.89. The second-order valence-electron chi connectivity index (χ2n) is 3.68. The summed E-state index contributed by atoms with van der Waals surface area (Å²) in [5.41, 5.74) is 8.06. The van der Waals surface area contributed by atoms with Crippen LogP contribution >= 0.6 is 23.8 Å². The minimum atomic E-state index is 0.468. The van der Waals surface area contributed by atoms with Crippen LogP contribution in [0.3, 0.4) is 0 Å². The molecule has 2 rings (SSSR count). The molecule has 0 heterocycles. The largest absolute Gasteiger partial charge is 0.397 e. The van der Waals surface area contributed by atoms with E-state index >= 15 is 0 Å². The third kappa shape index (κ3) is 3.35. The molecule has 2 aromatic carbocycles. The molecule has 0 fully saturated rings. The molecule has 0 aliphatic rings. The van der Waals surface area contributed by atoms with E-state index in [0.29, 0.717) is 15.8 Å². The van der Waals surface area contributed by atoms with E-state index < -0.39 is 0 Å². The number of rotatable bonds is 2. The molecule has 0 bridgehead atoms. The first-order valence-electron chi connectivity index (χ1n) is 5.33. The minimum absolute atomic E-state index is 0.468. The van der Waals surface area contributed by atoms with Crippen LogP contribution in [0.5, 0.6) is 0 Å². The summed E-state index contributed by atoms with van der Waals surface area (Å²) in [5.74, 6) is 0. The van der Waals surface area contributed by atoms with Crippen LogP contribution < -0.4 is 16.4 Å². The quantitative estimate of drug-likeness (QED) is 0.578. The Balaban J connectivity index is 2.03. The molecule has 0 radical (unpaired) electrons. The second-order valence-corrected chi connectivity index (χ2v) is 4.52. The number of halogens is 1. The number of nitrogens with two attached hydrogens (primary N) is 1. The Bertz CT molecular complexity index is 572. The molecule has 5 heteroatoms. The summed E-state index contributed by atoms with van der Waals surface area (Å²) in [6.45, 7) is 0. The van der Waals surface area contributed by atoms with Crippen molar-refractivity contribution in [2.24, 2.45) is 0 Å². The van der Waals surface area contributed by atoms with Crippen LogP contribution in [0.2, 0.25) is 5.02 Å². The number of nitrogen functional groups attached to an aromatic ring is 1. The molecule has 0 saturated carbocycles. The highest BCUT2D eigenvalue weighted by atomic mass is 35.5. The molecule has 0 spiro atoms. The van der Waals surface area contributed by atoms with Crippen molar-refractivity contribution in [1.82, 2.24) is 0 Å². The van der Waals surface area contributed by atoms with Gasteiger partial charge in [-0.3, -0.25) is 0 Å². The Morgan fingerprint density at radius 2 is 1.83 bits per heavy atom. The van der Waals surface area contributed by atoms with Gasteiger partial charge < -0.3 is 16.4 Å². The fraction of sp³-hybridized carbons (Fsp3) is 0. The number of hydrogen-bond donors (Lipinski definition) is 3. The standard InChI is InChI=1S/C13H12ClN3S/c14-9-4-3-5-10(8-9)16-13(18)17-12-7-2-1-6-11(12)15/h1-8H,15H2,(H2,16,17,18). The maximum atomic E-state index is 5.89. The lowest BCUT2D eigenvalue weighted by molar-refractivity contribution is 1.59. The zero-order chi connectivity index (χ0) is 13.0. The normalized spacial score (nSPS) is 9.83. The van der Waals surface area contributed by atoms with Gasteiger partial charge in [0.1, 0.15) is 0 Å². The number of benzene rings is 2. The first-order chi connectivity index (χ1) is 8.65. The van der Waals surface area contributed by atoms with E-state index in [2.05, 4.69) is 10.6 Å². The smallest absolute Gasteiger partial charge is 0.175 e. The summed E-state index contributed by atoms with van der Waals surface area (Å²) in [6, 6.07) is 14.8. The fourth-order valence-electron chi connectivity index (χ4n) is 1.46. The number of para-hydroxylation sites is 2. The Labute approximate surface area is 116 Å². The number of anilines is 3. The molecule has 0 saturated heterocycles. The van der Waals surface area contributed by atoms with Crippen LogP contribution in [-0.2, 0) is 0 Å². The Morgan fingerprint density at radius 1 is 1.06 bits per heavy atom. The lowest BCUT2D eigenvalue weighted by atomic mass is 10.3. The lowest BCUT2D eigenvalue weighted by Crippen LogP contribution is -2.19. The zero-order valence-electron chi connectivity index (χ0n) is 9.48. The molecule has 0 atom stereocenters. The van der Waals surface area contributed by atoms with Crippen LogP contribution in [0.25, 0.3) is 0 Å². The van der Waals surface area contributed by atoms with Gasteiger partial charge in [-0.2, -0.15) is 0 Å². The monoisotopic (exact) mass is 277 g/mol. The van der Waals surface area contributed by atoms with Crippen LogP contribution in [0, 0.1) is 0 Å². The van der Waals surface area contributed by atoms with Crippen molar-refractivity contribution in [3.63, 3.8) is 0 Å². The van der Waals surface area contributed by atoms with Crippen molar-refractivity contribution >= 4 is 46.0 Å².